The zero-order valence-corrected chi connectivity index (χ0v) is 9.40. The van der Waals surface area contributed by atoms with E-state index < -0.39 is 0 Å². The molecule has 1 aliphatic carbocycles. The summed E-state index contributed by atoms with van der Waals surface area (Å²) in [6.45, 7) is 0. The number of carbonyl (C=O) groups is 1. The molecule has 3 heteroatoms. The van der Waals surface area contributed by atoms with Crippen LogP contribution in [0.25, 0.3) is 0 Å². The Morgan fingerprint density at radius 3 is 3.12 bits per heavy atom. The molecule has 0 spiro atoms. The van der Waals surface area contributed by atoms with E-state index in [2.05, 4.69) is 0 Å². The molecule has 0 heterocycles. The Kier molecular flexibility index (Phi) is 3.13. The zero-order valence-electron chi connectivity index (χ0n) is 9.40. The van der Waals surface area contributed by atoms with Crippen LogP contribution < -0.4 is 0 Å². The number of benzene rings is 1. The molecule has 0 bridgehead atoms. The Hall–Kier alpha value is -1.51. The molecule has 1 aromatic carbocycles. The van der Waals surface area contributed by atoms with E-state index in [0.717, 1.165) is 30.4 Å². The maximum Gasteiger partial charge on any atom is 0.306 e. The van der Waals surface area contributed by atoms with Crippen LogP contribution in [0.2, 0.25) is 0 Å². The highest BCUT2D eigenvalue weighted by Gasteiger charge is 2.24. The van der Waals surface area contributed by atoms with Gasteiger partial charge in [-0.3, -0.25) is 4.79 Å². The normalized spacial score (nSPS) is 18.9. The second kappa shape index (κ2) is 4.56. The van der Waals surface area contributed by atoms with Crippen molar-refractivity contribution >= 4 is 5.97 Å². The van der Waals surface area contributed by atoms with E-state index in [1.807, 2.05) is 12.1 Å². The van der Waals surface area contributed by atoms with Gasteiger partial charge in [-0.05, 0) is 42.4 Å². The number of phenolic OH excluding ortho intramolecular Hbond substituents is 1. The van der Waals surface area contributed by atoms with Gasteiger partial charge in [0.05, 0.1) is 13.5 Å². The molecule has 1 aromatic rings. The Morgan fingerprint density at radius 2 is 2.38 bits per heavy atom. The minimum Gasteiger partial charge on any atom is -0.508 e. The number of hydrogen-bond donors (Lipinski definition) is 1. The van der Waals surface area contributed by atoms with Gasteiger partial charge < -0.3 is 9.84 Å². The fourth-order valence-electron chi connectivity index (χ4n) is 2.42. The molecule has 1 atom stereocenters. The molecule has 1 unspecified atom stereocenters. The number of ether oxygens (including phenoxy) is 1. The third-order valence-electron chi connectivity index (χ3n) is 3.25. The average molecular weight is 220 g/mol. The van der Waals surface area contributed by atoms with Crippen molar-refractivity contribution < 1.29 is 14.6 Å². The summed E-state index contributed by atoms with van der Waals surface area (Å²) < 4.78 is 4.70. The predicted octanol–water partition coefficient (Wildman–Crippen LogP) is 2.38. The Balaban J connectivity index is 2.26. The zero-order chi connectivity index (χ0) is 11.5. The molecule has 0 saturated carbocycles. The van der Waals surface area contributed by atoms with Crippen molar-refractivity contribution in [3.8, 4) is 5.75 Å². The predicted molar refractivity (Wildman–Crippen MR) is 60.4 cm³/mol. The smallest absolute Gasteiger partial charge is 0.306 e. The van der Waals surface area contributed by atoms with Gasteiger partial charge in [-0.2, -0.15) is 0 Å². The van der Waals surface area contributed by atoms with Crippen LogP contribution in [0.4, 0.5) is 0 Å². The first-order valence-electron chi connectivity index (χ1n) is 5.60. The van der Waals surface area contributed by atoms with Crippen LogP contribution in [0.1, 0.15) is 36.3 Å². The van der Waals surface area contributed by atoms with Crippen molar-refractivity contribution in [2.45, 2.75) is 31.6 Å². The van der Waals surface area contributed by atoms with Crippen molar-refractivity contribution in [3.63, 3.8) is 0 Å². The second-order valence-electron chi connectivity index (χ2n) is 4.21. The van der Waals surface area contributed by atoms with Crippen LogP contribution in [0.15, 0.2) is 18.2 Å². The van der Waals surface area contributed by atoms with E-state index in [4.69, 9.17) is 4.74 Å². The monoisotopic (exact) mass is 220 g/mol. The number of phenols is 1. The van der Waals surface area contributed by atoms with E-state index in [-0.39, 0.29) is 11.9 Å². The lowest BCUT2D eigenvalue weighted by Gasteiger charge is -2.25. The number of carbonyl (C=O) groups excluding carboxylic acids is 1. The molecule has 2 rings (SSSR count). The molecular weight excluding hydrogens is 204 g/mol. The van der Waals surface area contributed by atoms with Gasteiger partial charge in [0.25, 0.3) is 0 Å². The van der Waals surface area contributed by atoms with Crippen molar-refractivity contribution in [2.75, 3.05) is 7.11 Å². The Labute approximate surface area is 95.0 Å². The third kappa shape index (κ3) is 2.03. The van der Waals surface area contributed by atoms with Gasteiger partial charge in [-0.15, -0.1) is 0 Å². The van der Waals surface area contributed by atoms with E-state index in [9.17, 15) is 9.90 Å². The summed E-state index contributed by atoms with van der Waals surface area (Å²) >= 11 is 0. The SMILES string of the molecule is COC(=O)CC1CCCc2c(O)cccc21. The van der Waals surface area contributed by atoms with Gasteiger partial charge in [0.1, 0.15) is 5.75 Å². The molecule has 0 aromatic heterocycles. The maximum atomic E-state index is 11.3. The highest BCUT2D eigenvalue weighted by atomic mass is 16.5. The van der Waals surface area contributed by atoms with Crippen LogP contribution in [0, 0.1) is 0 Å². The van der Waals surface area contributed by atoms with Crippen LogP contribution >= 0.6 is 0 Å². The summed E-state index contributed by atoms with van der Waals surface area (Å²) in [6, 6.07) is 5.55. The topological polar surface area (TPSA) is 46.5 Å². The van der Waals surface area contributed by atoms with Crippen molar-refractivity contribution in [1.82, 2.24) is 0 Å². The summed E-state index contributed by atoms with van der Waals surface area (Å²) in [4.78, 5) is 11.3. The highest BCUT2D eigenvalue weighted by molar-refractivity contribution is 5.70. The molecule has 0 fully saturated rings. The summed E-state index contributed by atoms with van der Waals surface area (Å²) in [5.74, 6) is 0.372. The van der Waals surface area contributed by atoms with E-state index >= 15 is 0 Å². The number of rotatable bonds is 2. The second-order valence-corrected chi connectivity index (χ2v) is 4.21. The largest absolute Gasteiger partial charge is 0.508 e. The first kappa shape index (κ1) is 11.0. The number of esters is 1. The molecule has 0 radical (unpaired) electrons. The van der Waals surface area contributed by atoms with Gasteiger partial charge in [0, 0.05) is 0 Å². The first-order chi connectivity index (χ1) is 7.72. The third-order valence-corrected chi connectivity index (χ3v) is 3.25. The molecule has 3 nitrogen and oxygen atoms in total. The van der Waals surface area contributed by atoms with E-state index in [1.165, 1.54) is 7.11 Å². The molecule has 0 amide bonds. The summed E-state index contributed by atoms with van der Waals surface area (Å²) in [5.41, 5.74) is 2.11. The fourth-order valence-corrected chi connectivity index (χ4v) is 2.42. The summed E-state index contributed by atoms with van der Waals surface area (Å²) in [5, 5.41) is 9.75. The van der Waals surface area contributed by atoms with Crippen LogP contribution in [-0.2, 0) is 16.0 Å². The lowest BCUT2D eigenvalue weighted by atomic mass is 9.81. The minimum atomic E-state index is -0.179. The molecule has 0 saturated heterocycles. The molecular formula is C13H16O3. The lowest BCUT2D eigenvalue weighted by molar-refractivity contribution is -0.141. The Bertz CT molecular complexity index is 398. The Morgan fingerprint density at radius 1 is 1.56 bits per heavy atom. The lowest BCUT2D eigenvalue weighted by Crippen LogP contribution is -2.14. The van der Waals surface area contributed by atoms with Gasteiger partial charge in [-0.1, -0.05) is 12.1 Å². The van der Waals surface area contributed by atoms with Gasteiger partial charge in [-0.25, -0.2) is 0 Å². The van der Waals surface area contributed by atoms with E-state index in [1.54, 1.807) is 6.07 Å². The minimum absolute atomic E-state index is 0.179. The summed E-state index contributed by atoms with van der Waals surface area (Å²) in [6.07, 6.45) is 3.32. The average Bonchev–Trinajstić information content (AvgIpc) is 2.30. The van der Waals surface area contributed by atoms with E-state index in [0.29, 0.717) is 12.2 Å². The molecule has 0 aliphatic heterocycles. The number of hydrogen-bond acceptors (Lipinski definition) is 3. The van der Waals surface area contributed by atoms with Crippen molar-refractivity contribution in [3.05, 3.63) is 29.3 Å². The number of methoxy groups -OCH3 is 1. The molecule has 86 valence electrons. The van der Waals surface area contributed by atoms with Crippen molar-refractivity contribution in [2.24, 2.45) is 0 Å². The summed E-state index contributed by atoms with van der Waals surface area (Å²) in [7, 11) is 1.41. The number of fused-ring (bicyclic) bond motifs is 1. The van der Waals surface area contributed by atoms with Crippen LogP contribution in [-0.4, -0.2) is 18.2 Å². The molecule has 1 aliphatic rings. The van der Waals surface area contributed by atoms with Crippen LogP contribution in [0.5, 0.6) is 5.75 Å². The fraction of sp³-hybridized carbons (Fsp3) is 0.462. The van der Waals surface area contributed by atoms with Crippen LogP contribution in [0.3, 0.4) is 0 Å². The maximum absolute atomic E-state index is 11.3. The molecule has 16 heavy (non-hydrogen) atoms. The van der Waals surface area contributed by atoms with Gasteiger partial charge in [0.15, 0.2) is 0 Å². The van der Waals surface area contributed by atoms with Gasteiger partial charge >= 0.3 is 5.97 Å². The van der Waals surface area contributed by atoms with Gasteiger partial charge in [0.2, 0.25) is 0 Å². The number of aromatic hydroxyl groups is 1. The standard InChI is InChI=1S/C13H16O3/c1-16-13(15)8-9-4-2-6-11-10(9)5-3-7-12(11)14/h3,5,7,9,14H,2,4,6,8H2,1H3. The first-order valence-corrected chi connectivity index (χ1v) is 5.60. The molecule has 1 N–H and O–H groups in total. The quantitative estimate of drug-likeness (QED) is 0.778. The van der Waals surface area contributed by atoms with Crippen molar-refractivity contribution in [1.29, 1.82) is 0 Å². The highest BCUT2D eigenvalue weighted by Crippen LogP contribution is 2.37.